The molecule has 0 radical (unpaired) electrons. The molecule has 1 N–H and O–H groups in total. The first-order chi connectivity index (χ1) is 12.5. The molecule has 1 aromatic heterocycles. The van der Waals surface area contributed by atoms with Gasteiger partial charge in [0.15, 0.2) is 11.5 Å². The van der Waals surface area contributed by atoms with E-state index in [-0.39, 0.29) is 11.9 Å². The molecule has 1 amide bonds. The summed E-state index contributed by atoms with van der Waals surface area (Å²) in [6.45, 7) is 3.85. The molecule has 7 nitrogen and oxygen atoms in total. The number of amides is 1. The highest BCUT2D eigenvalue weighted by atomic mass is 32.2. The third-order valence-electron chi connectivity index (χ3n) is 3.40. The number of hydrogen-bond donors (Lipinski definition) is 1. The fraction of sp³-hybridized carbons (Fsp3) is 0.389. The summed E-state index contributed by atoms with van der Waals surface area (Å²) in [4.78, 5) is 11.7. The van der Waals surface area contributed by atoms with Gasteiger partial charge in [-0.25, -0.2) is 0 Å². The molecule has 2 aromatic rings. The van der Waals surface area contributed by atoms with E-state index in [1.807, 2.05) is 38.1 Å². The number of carbonyl (C=O) groups is 1. The van der Waals surface area contributed by atoms with Crippen molar-refractivity contribution in [3.63, 3.8) is 0 Å². The first kappa shape index (κ1) is 19.8. The Morgan fingerprint density at radius 1 is 1.08 bits per heavy atom. The number of ether oxygens (including phenoxy) is 3. The van der Waals surface area contributed by atoms with Crippen LogP contribution in [-0.2, 0) is 4.79 Å². The third kappa shape index (κ3) is 5.01. The lowest BCUT2D eigenvalue weighted by atomic mass is 10.1. The van der Waals surface area contributed by atoms with Crippen LogP contribution in [0.4, 0.5) is 0 Å². The largest absolute Gasteiger partial charge is 0.493 e. The van der Waals surface area contributed by atoms with Gasteiger partial charge in [0.2, 0.25) is 11.7 Å². The Balaban J connectivity index is 2.16. The minimum atomic E-state index is -0.0273. The van der Waals surface area contributed by atoms with Crippen LogP contribution in [0.1, 0.15) is 13.8 Å². The van der Waals surface area contributed by atoms with E-state index in [9.17, 15) is 4.79 Å². The molecule has 1 heterocycles. The smallest absolute Gasteiger partial charge is 0.230 e. The minimum Gasteiger partial charge on any atom is -0.493 e. The van der Waals surface area contributed by atoms with Gasteiger partial charge in [-0.2, -0.15) is 0 Å². The topological polar surface area (TPSA) is 82.6 Å². The van der Waals surface area contributed by atoms with Crippen molar-refractivity contribution in [2.75, 3.05) is 27.1 Å². The summed E-state index contributed by atoms with van der Waals surface area (Å²) in [5.41, 5.74) is 1.46. The van der Waals surface area contributed by atoms with E-state index in [2.05, 4.69) is 15.5 Å². The van der Waals surface area contributed by atoms with Crippen LogP contribution < -0.4 is 19.5 Å². The molecule has 0 fully saturated rings. The number of aromatic nitrogens is 2. The Morgan fingerprint density at radius 2 is 1.73 bits per heavy atom. The van der Waals surface area contributed by atoms with E-state index in [1.54, 1.807) is 21.3 Å². The van der Waals surface area contributed by atoms with Crippen LogP contribution in [0.15, 0.2) is 29.3 Å². The number of benzene rings is 1. The first-order valence-corrected chi connectivity index (χ1v) is 9.03. The third-order valence-corrected chi connectivity index (χ3v) is 4.32. The van der Waals surface area contributed by atoms with E-state index < -0.39 is 0 Å². The van der Waals surface area contributed by atoms with Gasteiger partial charge in [-0.15, -0.1) is 10.2 Å². The second kappa shape index (κ2) is 9.28. The summed E-state index contributed by atoms with van der Waals surface area (Å²) >= 11 is 1.34. The normalized spacial score (nSPS) is 10.5. The summed E-state index contributed by atoms with van der Waals surface area (Å²) in [7, 11) is 4.69. The highest BCUT2D eigenvalue weighted by Gasteiger charge is 2.15. The molecule has 140 valence electrons. The van der Waals surface area contributed by atoms with Crippen LogP contribution >= 0.6 is 11.8 Å². The fourth-order valence-electron chi connectivity index (χ4n) is 2.28. The number of nitrogens with one attached hydrogen (secondary N) is 1. The van der Waals surface area contributed by atoms with Gasteiger partial charge in [0.05, 0.1) is 32.8 Å². The number of nitrogens with zero attached hydrogens (tertiary/aromatic N) is 2. The molecule has 0 aliphatic rings. The molecule has 0 saturated heterocycles. The number of hydrogen-bond acceptors (Lipinski definition) is 7. The Morgan fingerprint density at radius 3 is 2.19 bits per heavy atom. The molecule has 0 bridgehead atoms. The molecule has 0 spiro atoms. The number of methoxy groups -OCH3 is 3. The van der Waals surface area contributed by atoms with E-state index in [4.69, 9.17) is 14.2 Å². The second-order valence-corrected chi connectivity index (χ2v) is 6.68. The lowest BCUT2D eigenvalue weighted by Gasteiger charge is -2.13. The molecule has 1 aromatic carbocycles. The zero-order valence-corrected chi connectivity index (χ0v) is 16.3. The minimum absolute atomic E-state index is 0.0273. The average molecular weight is 377 g/mol. The zero-order chi connectivity index (χ0) is 19.1. The highest BCUT2D eigenvalue weighted by molar-refractivity contribution is 7.99. The van der Waals surface area contributed by atoms with Gasteiger partial charge in [-0.1, -0.05) is 11.8 Å². The van der Waals surface area contributed by atoms with Crippen LogP contribution in [0.25, 0.3) is 11.3 Å². The molecule has 8 heteroatoms. The summed E-state index contributed by atoms with van der Waals surface area (Å²) in [6.07, 6.45) is 0. The predicted molar refractivity (Wildman–Crippen MR) is 101 cm³/mol. The first-order valence-electron chi connectivity index (χ1n) is 8.04. The van der Waals surface area contributed by atoms with Crippen LogP contribution in [0.5, 0.6) is 17.2 Å². The standard InChI is InChI=1S/C18H23N3O4S/c1-11(2)19-16(22)10-26-17-7-6-13(20-21-17)12-8-14(23-3)18(25-5)15(9-12)24-4/h6-9,11H,10H2,1-5H3,(H,19,22). The van der Waals surface area contributed by atoms with E-state index in [0.29, 0.717) is 33.7 Å². The number of thioether (sulfide) groups is 1. The van der Waals surface area contributed by atoms with E-state index >= 15 is 0 Å². The van der Waals surface area contributed by atoms with Crippen molar-refractivity contribution in [3.05, 3.63) is 24.3 Å². The highest BCUT2D eigenvalue weighted by Crippen LogP contribution is 2.40. The van der Waals surface area contributed by atoms with Crippen LogP contribution in [-0.4, -0.2) is 49.2 Å². The van der Waals surface area contributed by atoms with Crippen LogP contribution in [0.2, 0.25) is 0 Å². The van der Waals surface area contributed by atoms with Crippen LogP contribution in [0.3, 0.4) is 0 Å². The number of rotatable bonds is 8. The maximum Gasteiger partial charge on any atom is 0.230 e. The molecule has 0 atom stereocenters. The van der Waals surface area contributed by atoms with Gasteiger partial charge in [0.1, 0.15) is 5.03 Å². The molecule has 2 rings (SSSR count). The van der Waals surface area contributed by atoms with Gasteiger partial charge in [0, 0.05) is 11.6 Å². The monoisotopic (exact) mass is 377 g/mol. The summed E-state index contributed by atoms with van der Waals surface area (Å²) in [5.74, 6) is 1.89. The predicted octanol–water partition coefficient (Wildman–Crippen LogP) is 2.79. The van der Waals surface area contributed by atoms with Crippen molar-refractivity contribution in [3.8, 4) is 28.5 Å². The molecule has 0 aliphatic heterocycles. The molecule has 0 aliphatic carbocycles. The summed E-state index contributed by atoms with van der Waals surface area (Å²) in [5, 5.41) is 11.9. The van der Waals surface area contributed by atoms with E-state index in [1.165, 1.54) is 11.8 Å². The molecular weight excluding hydrogens is 354 g/mol. The average Bonchev–Trinajstić information content (AvgIpc) is 2.65. The maximum atomic E-state index is 11.7. The van der Waals surface area contributed by atoms with Crippen molar-refractivity contribution in [1.82, 2.24) is 15.5 Å². The van der Waals surface area contributed by atoms with Gasteiger partial charge >= 0.3 is 0 Å². The quantitative estimate of drug-likeness (QED) is 0.708. The van der Waals surface area contributed by atoms with Gasteiger partial charge in [0.25, 0.3) is 0 Å². The maximum absolute atomic E-state index is 11.7. The molecule has 0 saturated carbocycles. The summed E-state index contributed by atoms with van der Waals surface area (Å²) < 4.78 is 16.0. The summed E-state index contributed by atoms with van der Waals surface area (Å²) in [6, 6.07) is 7.43. The number of carbonyl (C=O) groups excluding carboxylic acids is 1. The van der Waals surface area contributed by atoms with Gasteiger partial charge in [-0.3, -0.25) is 4.79 Å². The molecule has 26 heavy (non-hydrogen) atoms. The van der Waals surface area contributed by atoms with Crippen molar-refractivity contribution < 1.29 is 19.0 Å². The second-order valence-electron chi connectivity index (χ2n) is 5.68. The lowest BCUT2D eigenvalue weighted by molar-refractivity contribution is -0.119. The zero-order valence-electron chi connectivity index (χ0n) is 15.5. The Labute approximate surface area is 157 Å². The van der Waals surface area contributed by atoms with E-state index in [0.717, 1.165) is 5.56 Å². The van der Waals surface area contributed by atoms with Crippen molar-refractivity contribution >= 4 is 17.7 Å². The Bertz CT molecular complexity index is 726. The van der Waals surface area contributed by atoms with Gasteiger partial charge < -0.3 is 19.5 Å². The molecule has 0 unspecified atom stereocenters. The van der Waals surface area contributed by atoms with Crippen molar-refractivity contribution in [1.29, 1.82) is 0 Å². The van der Waals surface area contributed by atoms with Crippen molar-refractivity contribution in [2.45, 2.75) is 24.9 Å². The Hall–Kier alpha value is -2.48. The lowest BCUT2D eigenvalue weighted by Crippen LogP contribution is -2.31. The Kier molecular flexibility index (Phi) is 7.08. The molecular formula is C18H23N3O4S. The van der Waals surface area contributed by atoms with Crippen LogP contribution in [0, 0.1) is 0 Å². The fourth-order valence-corrected chi connectivity index (χ4v) is 2.91. The SMILES string of the molecule is COc1cc(-c2ccc(SCC(=O)NC(C)C)nn2)cc(OC)c1OC. The van der Waals surface area contributed by atoms with Crippen molar-refractivity contribution in [2.24, 2.45) is 0 Å². The van der Waals surface area contributed by atoms with Gasteiger partial charge in [-0.05, 0) is 38.1 Å².